The van der Waals surface area contributed by atoms with Crippen molar-refractivity contribution in [3.63, 3.8) is 0 Å². The Labute approximate surface area is 196 Å². The van der Waals surface area contributed by atoms with Crippen LogP contribution in [0.5, 0.6) is 5.75 Å². The lowest BCUT2D eigenvalue weighted by Gasteiger charge is -2.04. The van der Waals surface area contributed by atoms with Crippen LogP contribution in [0.2, 0.25) is 0 Å². The molecule has 0 bridgehead atoms. The Kier molecular flexibility index (Phi) is 6.46. The number of carbonyl (C=O) groups excluding carboxylic acids is 1. The molecule has 0 saturated carbocycles. The molecular weight excluding hydrogens is 528 g/mol. The smallest absolute Gasteiger partial charge is 0.404 e. The molecule has 14 heteroatoms. The number of amides is 1. The largest absolute Gasteiger partial charge is 0.454 e. The van der Waals surface area contributed by atoms with E-state index in [9.17, 15) is 23.7 Å². The molecular formula is C19H12BrF2N5O5S. The van der Waals surface area contributed by atoms with Crippen LogP contribution in [0.15, 0.2) is 56.9 Å². The van der Waals surface area contributed by atoms with Gasteiger partial charge in [-0.05, 0) is 57.3 Å². The van der Waals surface area contributed by atoms with E-state index in [2.05, 4.69) is 36.1 Å². The van der Waals surface area contributed by atoms with Gasteiger partial charge in [-0.2, -0.15) is 13.5 Å². The van der Waals surface area contributed by atoms with Gasteiger partial charge in [-0.25, -0.2) is 4.98 Å². The van der Waals surface area contributed by atoms with Gasteiger partial charge < -0.3 is 19.3 Å². The maximum atomic E-state index is 12.5. The number of ether oxygens (including phenoxy) is 1. The Bertz CT molecular complexity index is 1300. The van der Waals surface area contributed by atoms with Gasteiger partial charge in [0.15, 0.2) is 10.9 Å². The molecule has 0 unspecified atom stereocenters. The molecule has 170 valence electrons. The van der Waals surface area contributed by atoms with Gasteiger partial charge in [0.05, 0.1) is 17.0 Å². The summed E-state index contributed by atoms with van der Waals surface area (Å²) < 4.78 is 35.9. The van der Waals surface area contributed by atoms with Crippen LogP contribution in [0.1, 0.15) is 16.3 Å². The summed E-state index contributed by atoms with van der Waals surface area (Å²) in [4.78, 5) is 27.1. The maximum Gasteiger partial charge on any atom is 0.404 e. The van der Waals surface area contributed by atoms with Crippen LogP contribution in [0.25, 0.3) is 11.3 Å². The predicted octanol–water partition coefficient (Wildman–Crippen LogP) is 5.17. The normalized spacial score (nSPS) is 11.0. The summed E-state index contributed by atoms with van der Waals surface area (Å²) >= 11 is 4.25. The average Bonchev–Trinajstić information content (AvgIpc) is 3.49. The van der Waals surface area contributed by atoms with E-state index >= 15 is 0 Å². The number of rotatable bonds is 8. The van der Waals surface area contributed by atoms with Crippen molar-refractivity contribution in [2.75, 3.05) is 5.32 Å². The number of benzene rings is 1. The molecule has 1 N–H and O–H groups in total. The van der Waals surface area contributed by atoms with E-state index in [0.29, 0.717) is 22.1 Å². The first-order valence-electron chi connectivity index (χ1n) is 9.06. The molecule has 0 aliphatic rings. The fourth-order valence-electron chi connectivity index (χ4n) is 2.77. The van der Waals surface area contributed by atoms with Gasteiger partial charge in [-0.3, -0.25) is 10.1 Å². The lowest BCUT2D eigenvalue weighted by molar-refractivity contribution is -0.390. The number of nitrogens with zero attached hydrogens (tertiary/aromatic N) is 4. The van der Waals surface area contributed by atoms with Crippen LogP contribution in [-0.2, 0) is 6.54 Å². The standard InChI is InChI=1S/C19H12BrF2N5O5S/c20-13-8-26(25-16(13)27(29)30)7-12-5-6-15(31-12)17(28)24-19-23-14(9-33-19)10-1-3-11(4-2-10)32-18(21)22/h1-6,8-9,18H,7H2,(H,23,24,28). The monoisotopic (exact) mass is 539 g/mol. The van der Waals surface area contributed by atoms with E-state index < -0.39 is 17.4 Å². The summed E-state index contributed by atoms with van der Waals surface area (Å²) in [5, 5.41) is 19.4. The van der Waals surface area contributed by atoms with E-state index in [4.69, 9.17) is 4.42 Å². The molecule has 4 rings (SSSR count). The van der Waals surface area contributed by atoms with E-state index in [1.165, 1.54) is 40.4 Å². The molecule has 0 atom stereocenters. The molecule has 0 spiro atoms. The molecule has 3 aromatic heterocycles. The zero-order valence-electron chi connectivity index (χ0n) is 16.3. The van der Waals surface area contributed by atoms with E-state index in [-0.39, 0.29) is 28.3 Å². The summed E-state index contributed by atoms with van der Waals surface area (Å²) in [5.74, 6) is -0.430. The molecule has 0 aliphatic carbocycles. The molecule has 1 aromatic carbocycles. The summed E-state index contributed by atoms with van der Waals surface area (Å²) in [7, 11) is 0. The Morgan fingerprint density at radius 1 is 1.30 bits per heavy atom. The van der Waals surface area contributed by atoms with Crippen LogP contribution in [0.3, 0.4) is 0 Å². The first-order valence-corrected chi connectivity index (χ1v) is 10.7. The van der Waals surface area contributed by atoms with Crippen LogP contribution < -0.4 is 10.1 Å². The highest BCUT2D eigenvalue weighted by Gasteiger charge is 2.20. The van der Waals surface area contributed by atoms with Crippen molar-refractivity contribution in [2.24, 2.45) is 0 Å². The van der Waals surface area contributed by atoms with Crippen molar-refractivity contribution >= 4 is 44.1 Å². The van der Waals surface area contributed by atoms with E-state index in [1.54, 1.807) is 23.6 Å². The van der Waals surface area contributed by atoms with Crippen LogP contribution in [0, 0.1) is 10.1 Å². The summed E-state index contributed by atoms with van der Waals surface area (Å²) in [5.41, 5.74) is 1.21. The SMILES string of the molecule is O=C(Nc1nc(-c2ccc(OC(F)F)cc2)cs1)c1ccc(Cn2cc(Br)c([N+](=O)[O-])n2)o1. The van der Waals surface area contributed by atoms with Gasteiger partial charge in [0.25, 0.3) is 5.91 Å². The topological polar surface area (TPSA) is 125 Å². The number of alkyl halides is 2. The molecule has 33 heavy (non-hydrogen) atoms. The van der Waals surface area contributed by atoms with Gasteiger partial charge in [0, 0.05) is 10.9 Å². The highest BCUT2D eigenvalue weighted by molar-refractivity contribution is 9.10. The minimum absolute atomic E-state index is 0.0240. The van der Waals surface area contributed by atoms with Crippen LogP contribution in [-0.4, -0.2) is 32.2 Å². The van der Waals surface area contributed by atoms with Gasteiger partial charge in [-0.15, -0.1) is 11.3 Å². The van der Waals surface area contributed by atoms with Gasteiger partial charge in [-0.1, -0.05) is 0 Å². The Morgan fingerprint density at radius 3 is 2.73 bits per heavy atom. The number of nitro groups is 1. The number of hydrogen-bond acceptors (Lipinski definition) is 8. The minimum Gasteiger partial charge on any atom is -0.454 e. The number of anilines is 1. The zero-order chi connectivity index (χ0) is 23.5. The Morgan fingerprint density at radius 2 is 2.06 bits per heavy atom. The number of thiazole rings is 1. The van der Waals surface area contributed by atoms with Gasteiger partial charge in [0.2, 0.25) is 0 Å². The second-order valence-corrected chi connectivity index (χ2v) is 8.13. The van der Waals surface area contributed by atoms with Crippen molar-refractivity contribution in [3.8, 4) is 17.0 Å². The van der Waals surface area contributed by atoms with Crippen molar-refractivity contribution in [1.82, 2.24) is 14.8 Å². The molecule has 3 heterocycles. The number of nitrogens with one attached hydrogen (secondary N) is 1. The first kappa shape index (κ1) is 22.5. The summed E-state index contributed by atoms with van der Waals surface area (Å²) in [6.45, 7) is -2.81. The molecule has 1 amide bonds. The number of halogens is 3. The lowest BCUT2D eigenvalue weighted by Crippen LogP contribution is -2.10. The second-order valence-electron chi connectivity index (χ2n) is 6.42. The third-order valence-electron chi connectivity index (χ3n) is 4.18. The molecule has 10 nitrogen and oxygen atoms in total. The second kappa shape index (κ2) is 9.46. The first-order chi connectivity index (χ1) is 15.8. The number of hydrogen-bond donors (Lipinski definition) is 1. The molecule has 0 saturated heterocycles. The quantitative estimate of drug-likeness (QED) is 0.241. The van der Waals surface area contributed by atoms with Crippen molar-refractivity contribution < 1.29 is 27.7 Å². The number of furan rings is 1. The van der Waals surface area contributed by atoms with E-state index in [0.717, 1.165) is 0 Å². The minimum atomic E-state index is -2.90. The van der Waals surface area contributed by atoms with Gasteiger partial charge in [0.1, 0.15) is 22.5 Å². The number of carbonyl (C=O) groups is 1. The predicted molar refractivity (Wildman–Crippen MR) is 117 cm³/mol. The van der Waals surface area contributed by atoms with Crippen molar-refractivity contribution in [3.05, 3.63) is 74.1 Å². The van der Waals surface area contributed by atoms with Crippen molar-refractivity contribution in [2.45, 2.75) is 13.2 Å². The van der Waals surface area contributed by atoms with E-state index in [1.807, 2.05) is 0 Å². The molecule has 4 aromatic rings. The zero-order valence-corrected chi connectivity index (χ0v) is 18.7. The molecule has 0 radical (unpaired) electrons. The summed E-state index contributed by atoms with van der Waals surface area (Å²) in [6, 6.07) is 8.98. The third-order valence-corrected chi connectivity index (χ3v) is 5.49. The molecule has 0 aliphatic heterocycles. The van der Waals surface area contributed by atoms with Crippen molar-refractivity contribution in [1.29, 1.82) is 0 Å². The maximum absolute atomic E-state index is 12.5. The van der Waals surface area contributed by atoms with Crippen LogP contribution >= 0.6 is 27.3 Å². The fraction of sp³-hybridized carbons (Fsp3) is 0.105. The Hall–Kier alpha value is -3.65. The summed E-state index contributed by atoms with van der Waals surface area (Å²) in [6.07, 6.45) is 1.43. The third kappa shape index (κ3) is 5.40. The fourth-order valence-corrected chi connectivity index (χ4v) is 3.94. The van der Waals surface area contributed by atoms with Crippen LogP contribution in [0.4, 0.5) is 19.7 Å². The lowest BCUT2D eigenvalue weighted by atomic mass is 10.2. The number of aromatic nitrogens is 3. The Balaban J connectivity index is 1.39. The highest BCUT2D eigenvalue weighted by atomic mass is 79.9. The average molecular weight is 540 g/mol. The highest BCUT2D eigenvalue weighted by Crippen LogP contribution is 2.27. The van der Waals surface area contributed by atoms with Gasteiger partial charge >= 0.3 is 12.4 Å². The molecule has 0 fully saturated rings.